The van der Waals surface area contributed by atoms with E-state index in [4.69, 9.17) is 0 Å². The van der Waals surface area contributed by atoms with Crippen LogP contribution in [0.1, 0.15) is 15.3 Å². The molecule has 0 aliphatic carbocycles. The fourth-order valence-corrected chi connectivity index (χ4v) is 3.79. The first-order valence-corrected chi connectivity index (χ1v) is 9.40. The molecule has 2 N–H and O–H groups in total. The summed E-state index contributed by atoms with van der Waals surface area (Å²) in [6.45, 7) is 2.97. The number of rotatable bonds is 7. The van der Waals surface area contributed by atoms with Crippen LogP contribution in [0, 0.1) is 6.92 Å². The summed E-state index contributed by atoms with van der Waals surface area (Å²) in [6, 6.07) is 13.6. The van der Waals surface area contributed by atoms with Crippen LogP contribution in [0.25, 0.3) is 0 Å². The van der Waals surface area contributed by atoms with E-state index in [0.29, 0.717) is 24.6 Å². The Morgan fingerprint density at radius 2 is 1.91 bits per heavy atom. The van der Waals surface area contributed by atoms with E-state index in [-0.39, 0.29) is 6.03 Å². The molecule has 1 heterocycles. The molecule has 0 aliphatic heterocycles. The highest BCUT2D eigenvalue weighted by Gasteiger charge is 2.04. The standard InChI is InChI=1S/C16H20N2O2S2/c1-13-7-8-15(21-13)11-18-16(19)17-9-10-22(20)12-14-5-3-2-4-6-14/h2-8H,9-12H2,1H3,(H2,17,18,19)/t22-/m0/s1. The van der Waals surface area contributed by atoms with E-state index in [2.05, 4.69) is 10.6 Å². The smallest absolute Gasteiger partial charge is 0.315 e. The largest absolute Gasteiger partial charge is 0.337 e. The molecule has 0 bridgehead atoms. The van der Waals surface area contributed by atoms with E-state index >= 15 is 0 Å². The number of urea groups is 1. The second-order valence-electron chi connectivity index (χ2n) is 4.90. The maximum absolute atomic E-state index is 11.9. The van der Waals surface area contributed by atoms with Crippen LogP contribution in [0.15, 0.2) is 42.5 Å². The second kappa shape index (κ2) is 8.70. The molecule has 2 rings (SSSR count). The summed E-state index contributed by atoms with van der Waals surface area (Å²) >= 11 is 1.67. The summed E-state index contributed by atoms with van der Waals surface area (Å²) in [5.41, 5.74) is 1.05. The molecule has 0 saturated carbocycles. The molecule has 0 unspecified atom stereocenters. The van der Waals surface area contributed by atoms with Crippen LogP contribution in [-0.2, 0) is 23.1 Å². The van der Waals surface area contributed by atoms with Crippen molar-refractivity contribution < 1.29 is 9.00 Å². The molecule has 1 aromatic heterocycles. The Bertz CT molecular complexity index is 626. The number of amides is 2. The molecule has 1 atom stereocenters. The number of carbonyl (C=O) groups excluding carboxylic acids is 1. The third-order valence-corrected chi connectivity index (χ3v) is 5.32. The molecule has 4 nitrogen and oxygen atoms in total. The van der Waals surface area contributed by atoms with Gasteiger partial charge in [0, 0.05) is 38.6 Å². The van der Waals surface area contributed by atoms with Gasteiger partial charge in [0.15, 0.2) is 0 Å². The second-order valence-corrected chi connectivity index (χ2v) is 7.84. The average Bonchev–Trinajstić information content (AvgIpc) is 2.92. The molecule has 0 saturated heterocycles. The lowest BCUT2D eigenvalue weighted by atomic mass is 10.2. The normalized spacial score (nSPS) is 11.9. The van der Waals surface area contributed by atoms with Gasteiger partial charge in [-0.05, 0) is 24.6 Å². The van der Waals surface area contributed by atoms with E-state index in [1.54, 1.807) is 11.3 Å². The third kappa shape index (κ3) is 5.99. The predicted octanol–water partition coefficient (Wildman–Crippen LogP) is 2.80. The SMILES string of the molecule is Cc1ccc(CNC(=O)NCC[S@](=O)Cc2ccccc2)s1. The van der Waals surface area contributed by atoms with Crippen molar-refractivity contribution in [1.82, 2.24) is 10.6 Å². The first-order valence-electron chi connectivity index (χ1n) is 7.09. The highest BCUT2D eigenvalue weighted by molar-refractivity contribution is 7.84. The Kier molecular flexibility index (Phi) is 6.61. The number of nitrogens with one attached hydrogen (secondary N) is 2. The zero-order chi connectivity index (χ0) is 15.8. The molecule has 0 spiro atoms. The summed E-state index contributed by atoms with van der Waals surface area (Å²) in [6.07, 6.45) is 0. The molecule has 0 radical (unpaired) electrons. The lowest BCUT2D eigenvalue weighted by Gasteiger charge is -2.07. The van der Waals surface area contributed by atoms with Gasteiger partial charge in [0.2, 0.25) is 0 Å². The number of hydrogen-bond donors (Lipinski definition) is 2. The van der Waals surface area contributed by atoms with Gasteiger partial charge in [-0.15, -0.1) is 11.3 Å². The van der Waals surface area contributed by atoms with E-state index in [9.17, 15) is 9.00 Å². The van der Waals surface area contributed by atoms with Crippen molar-refractivity contribution in [3.05, 3.63) is 57.8 Å². The Balaban J connectivity index is 1.61. The van der Waals surface area contributed by atoms with Gasteiger partial charge in [-0.1, -0.05) is 30.3 Å². The number of benzene rings is 1. The zero-order valence-electron chi connectivity index (χ0n) is 12.5. The summed E-state index contributed by atoms with van der Waals surface area (Å²) in [5.74, 6) is 0.985. The van der Waals surface area contributed by atoms with Crippen LogP contribution in [-0.4, -0.2) is 22.5 Å². The lowest BCUT2D eigenvalue weighted by molar-refractivity contribution is 0.241. The maximum Gasteiger partial charge on any atom is 0.315 e. The highest BCUT2D eigenvalue weighted by atomic mass is 32.2. The molecule has 1 aromatic carbocycles. The number of carbonyl (C=O) groups is 1. The van der Waals surface area contributed by atoms with Crippen LogP contribution >= 0.6 is 11.3 Å². The zero-order valence-corrected chi connectivity index (χ0v) is 14.1. The van der Waals surface area contributed by atoms with Gasteiger partial charge in [0.05, 0.1) is 6.54 Å². The molecule has 0 aliphatic rings. The van der Waals surface area contributed by atoms with E-state index < -0.39 is 10.8 Å². The predicted molar refractivity (Wildman–Crippen MR) is 92.4 cm³/mol. The van der Waals surface area contributed by atoms with Crippen molar-refractivity contribution in [2.45, 2.75) is 19.2 Å². The summed E-state index contributed by atoms with van der Waals surface area (Å²) < 4.78 is 11.9. The topological polar surface area (TPSA) is 58.2 Å². The molecular formula is C16H20N2O2S2. The minimum atomic E-state index is -0.964. The fraction of sp³-hybridized carbons (Fsp3) is 0.312. The fourth-order valence-electron chi connectivity index (χ4n) is 1.92. The summed E-state index contributed by atoms with van der Waals surface area (Å²) in [7, 11) is -0.964. The number of thiophene rings is 1. The van der Waals surface area contributed by atoms with Gasteiger partial charge in [-0.25, -0.2) is 4.79 Å². The first-order chi connectivity index (χ1) is 10.6. The van der Waals surface area contributed by atoms with Crippen LogP contribution < -0.4 is 10.6 Å². The monoisotopic (exact) mass is 336 g/mol. The first kappa shape index (κ1) is 16.7. The van der Waals surface area contributed by atoms with Crippen molar-refractivity contribution in [3.8, 4) is 0 Å². The van der Waals surface area contributed by atoms with Gasteiger partial charge in [0.25, 0.3) is 0 Å². The Morgan fingerprint density at radius 3 is 2.59 bits per heavy atom. The van der Waals surface area contributed by atoms with Gasteiger partial charge in [-0.3, -0.25) is 4.21 Å². The quantitative estimate of drug-likeness (QED) is 0.817. The van der Waals surface area contributed by atoms with Gasteiger partial charge in [-0.2, -0.15) is 0 Å². The van der Waals surface area contributed by atoms with Gasteiger partial charge >= 0.3 is 6.03 Å². The van der Waals surface area contributed by atoms with E-state index in [1.165, 1.54) is 4.88 Å². The van der Waals surface area contributed by atoms with Gasteiger partial charge in [0.1, 0.15) is 0 Å². The highest BCUT2D eigenvalue weighted by Crippen LogP contribution is 2.14. The molecule has 22 heavy (non-hydrogen) atoms. The minimum absolute atomic E-state index is 0.220. The van der Waals surface area contributed by atoms with Crippen molar-refractivity contribution in [1.29, 1.82) is 0 Å². The minimum Gasteiger partial charge on any atom is -0.337 e. The lowest BCUT2D eigenvalue weighted by Crippen LogP contribution is -2.37. The summed E-state index contributed by atoms with van der Waals surface area (Å²) in [4.78, 5) is 14.0. The Morgan fingerprint density at radius 1 is 1.14 bits per heavy atom. The van der Waals surface area contributed by atoms with Crippen molar-refractivity contribution in [2.24, 2.45) is 0 Å². The molecule has 118 valence electrons. The van der Waals surface area contributed by atoms with Crippen LogP contribution in [0.3, 0.4) is 0 Å². The van der Waals surface area contributed by atoms with E-state index in [1.807, 2.05) is 49.4 Å². The Labute approximate surface area is 137 Å². The van der Waals surface area contributed by atoms with Gasteiger partial charge < -0.3 is 10.6 Å². The average molecular weight is 336 g/mol. The van der Waals surface area contributed by atoms with Crippen molar-refractivity contribution in [2.75, 3.05) is 12.3 Å². The molecular weight excluding hydrogens is 316 g/mol. The summed E-state index contributed by atoms with van der Waals surface area (Å²) in [5, 5.41) is 5.54. The van der Waals surface area contributed by atoms with Crippen LogP contribution in [0.2, 0.25) is 0 Å². The number of aryl methyl sites for hydroxylation is 1. The molecule has 0 fully saturated rings. The molecule has 2 amide bonds. The van der Waals surface area contributed by atoms with E-state index in [0.717, 1.165) is 10.4 Å². The van der Waals surface area contributed by atoms with Crippen LogP contribution in [0.5, 0.6) is 0 Å². The number of hydrogen-bond acceptors (Lipinski definition) is 3. The van der Waals surface area contributed by atoms with Crippen molar-refractivity contribution in [3.63, 3.8) is 0 Å². The van der Waals surface area contributed by atoms with Crippen LogP contribution in [0.4, 0.5) is 4.79 Å². The third-order valence-electron chi connectivity index (χ3n) is 3.00. The Hall–Kier alpha value is -1.66. The maximum atomic E-state index is 11.9. The molecule has 2 aromatic rings. The van der Waals surface area contributed by atoms with Crippen molar-refractivity contribution >= 4 is 28.2 Å². The molecule has 6 heteroatoms.